The summed E-state index contributed by atoms with van der Waals surface area (Å²) in [5.74, 6) is 0.694. The molecule has 0 saturated heterocycles. The fraction of sp³-hybridized carbons (Fsp3) is 0.625. The molecule has 0 aromatic heterocycles. The summed E-state index contributed by atoms with van der Waals surface area (Å²) in [5.41, 5.74) is 0.907. The number of aliphatic hydroxyl groups excluding tert-OH is 1. The van der Waals surface area contributed by atoms with Crippen molar-refractivity contribution in [1.29, 1.82) is 0 Å². The number of nitrogens with one attached hydrogen (secondary N) is 1. The third-order valence-corrected chi connectivity index (χ3v) is 3.17. The molecule has 1 aromatic rings. The highest BCUT2D eigenvalue weighted by Gasteiger charge is 2.12. The molecule has 0 aliphatic rings. The first-order chi connectivity index (χ1) is 9.90. The van der Waals surface area contributed by atoms with E-state index in [0.29, 0.717) is 23.4 Å². The Kier molecular flexibility index (Phi) is 8.04. The number of hydrogen-bond donors (Lipinski definition) is 2. The van der Waals surface area contributed by atoms with Gasteiger partial charge in [0, 0.05) is 23.2 Å². The fourth-order valence-corrected chi connectivity index (χ4v) is 1.92. The molecule has 0 fully saturated rings. The van der Waals surface area contributed by atoms with Crippen molar-refractivity contribution in [3.05, 3.63) is 28.8 Å². The summed E-state index contributed by atoms with van der Waals surface area (Å²) >= 11 is 6.22. The first-order valence-corrected chi connectivity index (χ1v) is 7.71. The van der Waals surface area contributed by atoms with Gasteiger partial charge in [-0.3, -0.25) is 0 Å². The van der Waals surface area contributed by atoms with Crippen LogP contribution in [0.25, 0.3) is 0 Å². The van der Waals surface area contributed by atoms with E-state index >= 15 is 0 Å². The molecule has 1 atom stereocenters. The van der Waals surface area contributed by atoms with Crippen LogP contribution in [-0.2, 0) is 11.3 Å². The number of ether oxygens (including phenoxy) is 2. The molecule has 0 heterocycles. The van der Waals surface area contributed by atoms with Crippen LogP contribution in [0.3, 0.4) is 0 Å². The Morgan fingerprint density at radius 2 is 1.90 bits per heavy atom. The molecular formula is C16H26ClNO3. The van der Waals surface area contributed by atoms with E-state index in [1.165, 1.54) is 0 Å². The van der Waals surface area contributed by atoms with Gasteiger partial charge >= 0.3 is 0 Å². The van der Waals surface area contributed by atoms with Crippen molar-refractivity contribution >= 4 is 11.6 Å². The summed E-state index contributed by atoms with van der Waals surface area (Å²) in [6, 6.07) is 5.90. The van der Waals surface area contributed by atoms with Crippen LogP contribution < -0.4 is 10.1 Å². The Labute approximate surface area is 132 Å². The molecule has 4 nitrogen and oxygen atoms in total. The number of hydrogen-bond acceptors (Lipinski definition) is 4. The highest BCUT2D eigenvalue weighted by molar-refractivity contribution is 6.31. The van der Waals surface area contributed by atoms with Crippen LogP contribution >= 0.6 is 11.6 Å². The lowest BCUT2D eigenvalue weighted by atomic mass is 10.2. The second-order valence-corrected chi connectivity index (χ2v) is 6.01. The molecule has 1 unspecified atom stereocenters. The smallest absolute Gasteiger partial charge is 0.125 e. The number of rotatable bonds is 9. The van der Waals surface area contributed by atoms with Crippen LogP contribution in [0.2, 0.25) is 5.02 Å². The second kappa shape index (κ2) is 9.26. The zero-order valence-corrected chi connectivity index (χ0v) is 14.0. The van der Waals surface area contributed by atoms with E-state index in [2.05, 4.69) is 19.2 Å². The number of aliphatic hydroxyl groups is 1. The van der Waals surface area contributed by atoms with Crippen LogP contribution in [0.5, 0.6) is 5.75 Å². The van der Waals surface area contributed by atoms with Gasteiger partial charge in [0.15, 0.2) is 0 Å². The van der Waals surface area contributed by atoms with Crippen LogP contribution in [0, 0.1) is 0 Å². The first kappa shape index (κ1) is 18.2. The number of halogens is 1. The summed E-state index contributed by atoms with van der Waals surface area (Å²) in [6.45, 7) is 9.08. The molecule has 0 bridgehead atoms. The van der Waals surface area contributed by atoms with E-state index in [1.807, 2.05) is 32.0 Å². The van der Waals surface area contributed by atoms with E-state index in [0.717, 1.165) is 5.56 Å². The molecular weight excluding hydrogens is 290 g/mol. The lowest BCUT2D eigenvalue weighted by Crippen LogP contribution is -2.26. The highest BCUT2D eigenvalue weighted by Crippen LogP contribution is 2.26. The first-order valence-electron chi connectivity index (χ1n) is 7.33. The van der Waals surface area contributed by atoms with E-state index in [4.69, 9.17) is 21.1 Å². The summed E-state index contributed by atoms with van der Waals surface area (Å²) in [4.78, 5) is 0. The molecule has 0 saturated carbocycles. The second-order valence-electron chi connectivity index (χ2n) is 5.60. The maximum atomic E-state index is 9.84. The van der Waals surface area contributed by atoms with E-state index in [9.17, 15) is 5.11 Å². The molecule has 1 rings (SSSR count). The summed E-state index contributed by atoms with van der Waals surface area (Å²) < 4.78 is 11.0. The minimum atomic E-state index is -0.655. The molecule has 21 heavy (non-hydrogen) atoms. The van der Waals surface area contributed by atoms with Crippen LogP contribution in [0.4, 0.5) is 0 Å². The molecule has 1 aromatic carbocycles. The maximum Gasteiger partial charge on any atom is 0.125 e. The average molecular weight is 316 g/mol. The monoisotopic (exact) mass is 315 g/mol. The summed E-state index contributed by atoms with van der Waals surface area (Å²) in [5, 5.41) is 13.8. The largest absolute Gasteiger partial charge is 0.490 e. The maximum absolute atomic E-state index is 9.84. The van der Waals surface area contributed by atoms with Gasteiger partial charge < -0.3 is 19.9 Å². The molecule has 120 valence electrons. The summed E-state index contributed by atoms with van der Waals surface area (Å²) in [6.07, 6.45) is -0.561. The Balaban J connectivity index is 2.59. The number of benzene rings is 1. The third-order valence-electron chi connectivity index (χ3n) is 2.82. The standard InChI is InChI=1S/C16H26ClNO3/c1-11(2)18-8-14-15(17)6-5-7-16(14)21-10-13(19)9-20-12(3)4/h5-7,11-13,18-19H,8-10H2,1-4H3. The van der Waals surface area contributed by atoms with Crippen LogP contribution in [0.1, 0.15) is 33.3 Å². The van der Waals surface area contributed by atoms with Crippen molar-refractivity contribution in [1.82, 2.24) is 5.32 Å². The molecule has 0 aliphatic heterocycles. The Bertz CT molecular complexity index is 424. The molecule has 0 spiro atoms. The van der Waals surface area contributed by atoms with Crippen molar-refractivity contribution in [2.45, 2.75) is 52.5 Å². The van der Waals surface area contributed by atoms with Gasteiger partial charge in [-0.25, -0.2) is 0 Å². The van der Waals surface area contributed by atoms with E-state index in [1.54, 1.807) is 0 Å². The average Bonchev–Trinajstić information content (AvgIpc) is 2.41. The van der Waals surface area contributed by atoms with Crippen LogP contribution in [-0.4, -0.2) is 36.6 Å². The van der Waals surface area contributed by atoms with E-state index in [-0.39, 0.29) is 19.3 Å². The molecule has 0 amide bonds. The highest BCUT2D eigenvalue weighted by atomic mass is 35.5. The quantitative estimate of drug-likeness (QED) is 0.735. The van der Waals surface area contributed by atoms with E-state index < -0.39 is 6.10 Å². The predicted octanol–water partition coefficient (Wildman–Crippen LogP) is 3.00. The van der Waals surface area contributed by atoms with Gasteiger partial charge in [-0.05, 0) is 26.0 Å². The summed E-state index contributed by atoms with van der Waals surface area (Å²) in [7, 11) is 0. The minimum absolute atomic E-state index is 0.0941. The van der Waals surface area contributed by atoms with Gasteiger partial charge in [0.25, 0.3) is 0 Å². The molecule has 5 heteroatoms. The molecule has 2 N–H and O–H groups in total. The van der Waals surface area contributed by atoms with Gasteiger partial charge in [-0.1, -0.05) is 31.5 Å². The van der Waals surface area contributed by atoms with Gasteiger partial charge in [-0.2, -0.15) is 0 Å². The zero-order valence-electron chi connectivity index (χ0n) is 13.2. The Hall–Kier alpha value is -0.810. The lowest BCUT2D eigenvalue weighted by molar-refractivity contribution is -0.0124. The zero-order chi connectivity index (χ0) is 15.8. The Morgan fingerprint density at radius 3 is 2.52 bits per heavy atom. The molecule has 0 radical (unpaired) electrons. The normalized spacial score (nSPS) is 13.0. The van der Waals surface area contributed by atoms with Crippen LogP contribution in [0.15, 0.2) is 18.2 Å². The third kappa shape index (κ3) is 7.14. The van der Waals surface area contributed by atoms with Crippen molar-refractivity contribution in [3.8, 4) is 5.75 Å². The van der Waals surface area contributed by atoms with Crippen molar-refractivity contribution in [2.75, 3.05) is 13.2 Å². The fourth-order valence-electron chi connectivity index (χ4n) is 1.69. The Morgan fingerprint density at radius 1 is 1.19 bits per heavy atom. The topological polar surface area (TPSA) is 50.7 Å². The lowest BCUT2D eigenvalue weighted by Gasteiger charge is -2.18. The van der Waals surface area contributed by atoms with Gasteiger partial charge in [0.2, 0.25) is 0 Å². The van der Waals surface area contributed by atoms with Gasteiger partial charge in [0.05, 0.1) is 12.7 Å². The predicted molar refractivity (Wildman–Crippen MR) is 86.0 cm³/mol. The molecule has 0 aliphatic carbocycles. The van der Waals surface area contributed by atoms with Gasteiger partial charge in [-0.15, -0.1) is 0 Å². The SMILES string of the molecule is CC(C)NCc1c(Cl)cccc1OCC(O)COC(C)C. The van der Waals surface area contributed by atoms with Gasteiger partial charge in [0.1, 0.15) is 18.5 Å². The van der Waals surface area contributed by atoms with Crippen molar-refractivity contribution in [3.63, 3.8) is 0 Å². The van der Waals surface area contributed by atoms with Crippen molar-refractivity contribution in [2.24, 2.45) is 0 Å². The van der Waals surface area contributed by atoms with Crippen molar-refractivity contribution < 1.29 is 14.6 Å². The minimum Gasteiger partial charge on any atom is -0.490 e.